The molecule has 0 bridgehead atoms. The van der Waals surface area contributed by atoms with E-state index in [0.717, 1.165) is 0 Å². The van der Waals surface area contributed by atoms with E-state index in [1.54, 1.807) is 7.05 Å². The van der Waals surface area contributed by atoms with E-state index >= 15 is 0 Å². The first-order valence-corrected chi connectivity index (χ1v) is 7.15. The van der Waals surface area contributed by atoms with Gasteiger partial charge in [0.15, 0.2) is 11.6 Å². The monoisotopic (exact) mass is 310 g/mol. The molecule has 2 heterocycles. The molecule has 1 aliphatic rings. The Labute approximate surface area is 129 Å². The van der Waals surface area contributed by atoms with Crippen LogP contribution in [0.3, 0.4) is 0 Å². The number of carbonyl (C=O) groups is 1. The molecule has 6 nitrogen and oxygen atoms in total. The topological polar surface area (TPSA) is 89.2 Å². The maximum atomic E-state index is 12.0. The van der Waals surface area contributed by atoms with E-state index in [1.165, 1.54) is 12.1 Å². The van der Waals surface area contributed by atoms with Crippen LogP contribution in [0.4, 0.5) is 5.82 Å². The number of carbonyl (C=O) groups excluding carboxylic acids is 1. The lowest BCUT2D eigenvalue weighted by molar-refractivity contribution is -0.119. The molecule has 7 heteroatoms. The molecule has 2 rings (SSSR count). The molecule has 0 saturated carbocycles. The number of likely N-dealkylation sites (tertiary alicyclic amines) is 1. The van der Waals surface area contributed by atoms with Crippen molar-refractivity contribution < 1.29 is 9.90 Å². The summed E-state index contributed by atoms with van der Waals surface area (Å²) < 4.78 is 0. The van der Waals surface area contributed by atoms with Crippen molar-refractivity contribution in [3.63, 3.8) is 0 Å². The van der Waals surface area contributed by atoms with Gasteiger partial charge in [-0.1, -0.05) is 25.4 Å². The van der Waals surface area contributed by atoms with Crippen LogP contribution < -0.4 is 5.32 Å². The zero-order valence-corrected chi connectivity index (χ0v) is 13.1. The fraction of sp³-hybridized carbons (Fsp3) is 0.500. The van der Waals surface area contributed by atoms with E-state index in [-0.39, 0.29) is 34.6 Å². The van der Waals surface area contributed by atoms with E-state index < -0.39 is 0 Å². The highest BCUT2D eigenvalue weighted by atomic mass is 35.5. The molecular weight excluding hydrogens is 292 g/mol. The number of pyridine rings is 1. The summed E-state index contributed by atoms with van der Waals surface area (Å²) in [7, 11) is 1.80. The van der Waals surface area contributed by atoms with Crippen LogP contribution >= 0.6 is 11.6 Å². The lowest BCUT2D eigenvalue weighted by Gasteiger charge is -2.11. The number of nitriles is 1. The number of anilines is 1. The number of nitrogens with zero attached hydrogens (tertiary/aromatic N) is 3. The summed E-state index contributed by atoms with van der Waals surface area (Å²) in [5, 5.41) is 21.2. The Morgan fingerprint density at radius 1 is 1.57 bits per heavy atom. The molecule has 2 N–H and O–H groups in total. The second kappa shape index (κ2) is 7.81. The third kappa shape index (κ3) is 4.31. The van der Waals surface area contributed by atoms with Gasteiger partial charge in [-0.05, 0) is 25.6 Å². The van der Waals surface area contributed by atoms with Crippen molar-refractivity contribution in [3.8, 4) is 11.8 Å². The van der Waals surface area contributed by atoms with Crippen LogP contribution in [0.1, 0.15) is 20.3 Å². The van der Waals surface area contributed by atoms with Crippen molar-refractivity contribution >= 4 is 23.3 Å². The number of halogens is 1. The van der Waals surface area contributed by atoms with Crippen molar-refractivity contribution in [2.24, 2.45) is 5.92 Å². The predicted octanol–water partition coefficient (Wildman–Crippen LogP) is 2.25. The minimum Gasteiger partial charge on any atom is -0.504 e. The molecule has 21 heavy (non-hydrogen) atoms. The average Bonchev–Trinajstić information content (AvgIpc) is 2.86. The number of rotatable bonds is 2. The highest BCUT2D eigenvalue weighted by Gasteiger charge is 2.34. The maximum absolute atomic E-state index is 12.0. The third-order valence-corrected chi connectivity index (χ3v) is 3.36. The van der Waals surface area contributed by atoms with Crippen molar-refractivity contribution in [2.75, 3.05) is 18.9 Å². The third-order valence-electron chi connectivity index (χ3n) is 3.15. The molecule has 0 aliphatic carbocycles. The molecule has 1 aromatic rings. The summed E-state index contributed by atoms with van der Waals surface area (Å²) in [6.07, 6.45) is 0.472. The molecular formula is C14H19ClN4O2. The van der Waals surface area contributed by atoms with Gasteiger partial charge < -0.3 is 10.4 Å². The Morgan fingerprint density at radius 3 is 2.81 bits per heavy atom. The minimum atomic E-state index is -0.296. The van der Waals surface area contributed by atoms with Gasteiger partial charge in [-0.3, -0.25) is 9.69 Å². The second-order valence-electron chi connectivity index (χ2n) is 4.51. The molecule has 0 spiro atoms. The lowest BCUT2D eigenvalue weighted by Crippen LogP contribution is -2.26. The molecule has 1 aliphatic heterocycles. The highest BCUT2D eigenvalue weighted by molar-refractivity contribution is 6.29. The summed E-state index contributed by atoms with van der Waals surface area (Å²) >= 11 is 5.70. The number of nitrogens with one attached hydrogen (secondary N) is 1. The van der Waals surface area contributed by atoms with E-state index in [4.69, 9.17) is 16.9 Å². The summed E-state index contributed by atoms with van der Waals surface area (Å²) in [5.41, 5.74) is 0. The standard InChI is InChI=1S/C12H13ClN4O2.C2H6/c1-17-6-7(4-8(17)5-14)12(19)16-11-9(18)2-3-10(13)15-11;1-2/h2-3,7-8,18H,4,6H2,1H3,(H,15,16,19);1-2H3. The van der Waals surface area contributed by atoms with Crippen LogP contribution in [-0.4, -0.2) is 40.5 Å². The van der Waals surface area contributed by atoms with Gasteiger partial charge in [-0.25, -0.2) is 4.98 Å². The van der Waals surface area contributed by atoms with Gasteiger partial charge in [-0.15, -0.1) is 0 Å². The van der Waals surface area contributed by atoms with Crippen LogP contribution in [-0.2, 0) is 4.79 Å². The molecule has 1 saturated heterocycles. The quantitative estimate of drug-likeness (QED) is 0.818. The summed E-state index contributed by atoms with van der Waals surface area (Å²) in [6, 6.07) is 4.69. The summed E-state index contributed by atoms with van der Waals surface area (Å²) in [5.74, 6) is -0.661. The number of hydrogen-bond acceptors (Lipinski definition) is 5. The van der Waals surface area contributed by atoms with E-state index in [0.29, 0.717) is 13.0 Å². The smallest absolute Gasteiger partial charge is 0.230 e. The molecule has 1 amide bonds. The number of hydrogen-bond donors (Lipinski definition) is 2. The largest absolute Gasteiger partial charge is 0.504 e. The van der Waals surface area contributed by atoms with Gasteiger partial charge in [0.1, 0.15) is 5.15 Å². The lowest BCUT2D eigenvalue weighted by atomic mass is 10.1. The normalized spacial score (nSPS) is 21.1. The van der Waals surface area contributed by atoms with Gasteiger partial charge in [0.05, 0.1) is 18.0 Å². The average molecular weight is 311 g/mol. The maximum Gasteiger partial charge on any atom is 0.230 e. The molecule has 1 aromatic heterocycles. The van der Waals surface area contributed by atoms with Crippen LogP contribution in [0, 0.1) is 17.2 Å². The van der Waals surface area contributed by atoms with Crippen molar-refractivity contribution in [3.05, 3.63) is 17.3 Å². The van der Waals surface area contributed by atoms with Crippen LogP contribution in [0.15, 0.2) is 12.1 Å². The Morgan fingerprint density at radius 2 is 2.24 bits per heavy atom. The zero-order valence-electron chi connectivity index (χ0n) is 12.3. The fourth-order valence-electron chi connectivity index (χ4n) is 2.08. The van der Waals surface area contributed by atoms with E-state index in [9.17, 15) is 9.90 Å². The Kier molecular flexibility index (Phi) is 6.40. The van der Waals surface area contributed by atoms with Crippen LogP contribution in [0.25, 0.3) is 0 Å². The number of aromatic nitrogens is 1. The Hall–Kier alpha value is -1.84. The van der Waals surface area contributed by atoms with Gasteiger partial charge >= 0.3 is 0 Å². The minimum absolute atomic E-state index is 0.0422. The van der Waals surface area contributed by atoms with Crippen LogP contribution in [0.5, 0.6) is 5.75 Å². The fourth-order valence-corrected chi connectivity index (χ4v) is 2.23. The summed E-state index contributed by atoms with van der Waals surface area (Å²) in [4.78, 5) is 17.7. The Bertz CT molecular complexity index is 544. The van der Waals surface area contributed by atoms with Gasteiger partial charge in [-0.2, -0.15) is 5.26 Å². The number of aromatic hydroxyl groups is 1. The first-order chi connectivity index (χ1) is 10.0. The summed E-state index contributed by atoms with van der Waals surface area (Å²) in [6.45, 7) is 4.51. The van der Waals surface area contributed by atoms with Gasteiger partial charge in [0, 0.05) is 6.54 Å². The molecule has 0 aromatic carbocycles. The van der Waals surface area contributed by atoms with Crippen molar-refractivity contribution in [1.29, 1.82) is 5.26 Å². The van der Waals surface area contributed by atoms with Crippen molar-refractivity contribution in [1.82, 2.24) is 9.88 Å². The predicted molar refractivity (Wildman–Crippen MR) is 81.0 cm³/mol. The Balaban J connectivity index is 0.00000106. The first kappa shape index (κ1) is 17.2. The first-order valence-electron chi connectivity index (χ1n) is 6.77. The second-order valence-corrected chi connectivity index (χ2v) is 4.90. The SMILES string of the molecule is CC.CN1CC(C(=O)Nc2nc(Cl)ccc2O)CC1C#N. The van der Waals surface area contributed by atoms with Crippen LogP contribution in [0.2, 0.25) is 5.15 Å². The molecule has 114 valence electrons. The highest BCUT2D eigenvalue weighted by Crippen LogP contribution is 2.26. The van der Waals surface area contributed by atoms with Gasteiger partial charge in [0.25, 0.3) is 0 Å². The van der Waals surface area contributed by atoms with E-state index in [1.807, 2.05) is 18.7 Å². The number of amides is 1. The molecule has 2 unspecified atom stereocenters. The molecule has 0 radical (unpaired) electrons. The van der Waals surface area contributed by atoms with E-state index in [2.05, 4.69) is 16.4 Å². The van der Waals surface area contributed by atoms with Gasteiger partial charge in [0.2, 0.25) is 5.91 Å². The molecule has 1 fully saturated rings. The van der Waals surface area contributed by atoms with Crippen molar-refractivity contribution in [2.45, 2.75) is 26.3 Å². The zero-order chi connectivity index (χ0) is 16.0. The molecule has 2 atom stereocenters.